The molecule has 0 aliphatic heterocycles. The van der Waals surface area contributed by atoms with Gasteiger partial charge in [-0.25, -0.2) is 9.97 Å². The van der Waals surface area contributed by atoms with Crippen molar-refractivity contribution in [2.24, 2.45) is 5.10 Å². The number of hydrogen-bond acceptors (Lipinski definition) is 6. The molecule has 0 amide bonds. The van der Waals surface area contributed by atoms with Crippen molar-refractivity contribution in [3.05, 3.63) is 96.6 Å². The maximum absolute atomic E-state index is 6.22. The van der Waals surface area contributed by atoms with E-state index in [0.717, 1.165) is 38.4 Å². The number of hydrazone groups is 1. The van der Waals surface area contributed by atoms with Gasteiger partial charge in [-0.2, -0.15) is 5.10 Å². The molecule has 2 heterocycles. The summed E-state index contributed by atoms with van der Waals surface area (Å²) in [5.41, 5.74) is 13.4. The molecule has 6 rings (SSSR count). The van der Waals surface area contributed by atoms with Crippen LogP contribution in [0, 0.1) is 0 Å². The Morgan fingerprint density at radius 3 is 2.45 bits per heavy atom. The predicted molar refractivity (Wildman–Crippen MR) is 134 cm³/mol. The van der Waals surface area contributed by atoms with Crippen LogP contribution in [-0.4, -0.2) is 16.2 Å². The first kappa shape index (κ1) is 19.0. The van der Waals surface area contributed by atoms with E-state index in [4.69, 9.17) is 20.1 Å². The Morgan fingerprint density at radius 2 is 1.61 bits per heavy atom. The summed E-state index contributed by atoms with van der Waals surface area (Å²) in [7, 11) is 0. The van der Waals surface area contributed by atoms with Gasteiger partial charge < -0.3 is 10.2 Å². The summed E-state index contributed by atoms with van der Waals surface area (Å²) in [6.07, 6.45) is 1.72. The van der Waals surface area contributed by atoms with Gasteiger partial charge in [0, 0.05) is 11.3 Å². The number of furan rings is 1. The Bertz CT molecular complexity index is 1640. The van der Waals surface area contributed by atoms with E-state index in [0.29, 0.717) is 22.9 Å². The van der Waals surface area contributed by atoms with Crippen molar-refractivity contribution in [1.82, 2.24) is 9.97 Å². The van der Waals surface area contributed by atoms with E-state index in [1.165, 1.54) is 0 Å². The van der Waals surface area contributed by atoms with Crippen LogP contribution >= 0.6 is 0 Å². The van der Waals surface area contributed by atoms with Crippen LogP contribution < -0.4 is 11.2 Å². The number of benzene rings is 4. The second-order valence-corrected chi connectivity index (χ2v) is 7.74. The normalized spacial score (nSPS) is 11.6. The molecule has 0 aliphatic carbocycles. The van der Waals surface area contributed by atoms with Crippen molar-refractivity contribution in [2.45, 2.75) is 0 Å². The third kappa shape index (κ3) is 3.43. The van der Waals surface area contributed by atoms with Gasteiger partial charge in [0.2, 0.25) is 0 Å². The molecule has 4 aromatic carbocycles. The molecule has 6 heteroatoms. The average Bonchev–Trinajstić information content (AvgIpc) is 3.25. The average molecular weight is 429 g/mol. The van der Waals surface area contributed by atoms with E-state index in [1.54, 1.807) is 6.21 Å². The van der Waals surface area contributed by atoms with E-state index in [-0.39, 0.29) is 0 Å². The number of hydrogen-bond donors (Lipinski definition) is 2. The molecule has 0 bridgehead atoms. The number of anilines is 2. The summed E-state index contributed by atoms with van der Waals surface area (Å²) in [6, 6.07) is 29.6. The fraction of sp³-hybridized carbons (Fsp3) is 0. The maximum Gasteiger partial charge on any atom is 0.197 e. The standard InChI is InChI=1S/C27H19N5O/c28-20-13-10-17(11-14-20)16-29-32-27-25-24(30-26(31-27)19-7-2-1-3-8-19)23-21-9-5-4-6-18(21)12-15-22(23)33-25/h1-16H,28H2,(H,30,31,32)/b29-16+. The van der Waals surface area contributed by atoms with Gasteiger partial charge >= 0.3 is 0 Å². The molecule has 0 atom stereocenters. The summed E-state index contributed by atoms with van der Waals surface area (Å²) in [4.78, 5) is 9.65. The number of nitrogen functional groups attached to an aromatic ring is 1. The van der Waals surface area contributed by atoms with Crippen LogP contribution in [0.25, 0.3) is 44.2 Å². The second-order valence-electron chi connectivity index (χ2n) is 7.74. The molecule has 0 saturated carbocycles. The van der Waals surface area contributed by atoms with Crippen molar-refractivity contribution in [3.63, 3.8) is 0 Å². The molecule has 0 spiro atoms. The Hall–Kier alpha value is -4.71. The molecule has 0 fully saturated rings. The van der Waals surface area contributed by atoms with E-state index >= 15 is 0 Å². The molecule has 0 radical (unpaired) electrons. The Balaban J connectivity index is 1.55. The lowest BCUT2D eigenvalue weighted by atomic mass is 10.1. The highest BCUT2D eigenvalue weighted by molar-refractivity contribution is 6.18. The molecule has 0 saturated heterocycles. The molecule has 158 valence electrons. The summed E-state index contributed by atoms with van der Waals surface area (Å²) in [5.74, 6) is 1.11. The van der Waals surface area contributed by atoms with Gasteiger partial charge in [0.15, 0.2) is 17.2 Å². The number of fused-ring (bicyclic) bond motifs is 5. The van der Waals surface area contributed by atoms with E-state index < -0.39 is 0 Å². The molecule has 3 N–H and O–H groups in total. The van der Waals surface area contributed by atoms with Crippen molar-refractivity contribution >= 4 is 50.6 Å². The number of aromatic nitrogens is 2. The van der Waals surface area contributed by atoms with Crippen LogP contribution in [0.2, 0.25) is 0 Å². The highest BCUT2D eigenvalue weighted by Gasteiger charge is 2.18. The highest BCUT2D eigenvalue weighted by Crippen LogP contribution is 2.37. The number of rotatable bonds is 4. The van der Waals surface area contributed by atoms with Gasteiger partial charge in [0.05, 0.1) is 11.6 Å². The number of nitrogens with one attached hydrogen (secondary N) is 1. The van der Waals surface area contributed by atoms with Crippen LogP contribution in [0.4, 0.5) is 11.5 Å². The fourth-order valence-electron chi connectivity index (χ4n) is 3.95. The predicted octanol–water partition coefficient (Wildman–Crippen LogP) is 6.22. The Labute approximate surface area is 189 Å². The molecule has 0 aliphatic rings. The molecular weight excluding hydrogens is 410 g/mol. The minimum Gasteiger partial charge on any atom is -0.450 e. The van der Waals surface area contributed by atoms with Gasteiger partial charge in [-0.1, -0.05) is 72.8 Å². The van der Waals surface area contributed by atoms with Gasteiger partial charge in [-0.15, -0.1) is 0 Å². The first-order valence-corrected chi connectivity index (χ1v) is 10.6. The van der Waals surface area contributed by atoms with Gasteiger partial charge in [-0.3, -0.25) is 5.43 Å². The van der Waals surface area contributed by atoms with Crippen molar-refractivity contribution < 1.29 is 4.42 Å². The lowest BCUT2D eigenvalue weighted by Crippen LogP contribution is -1.98. The monoisotopic (exact) mass is 429 g/mol. The van der Waals surface area contributed by atoms with Gasteiger partial charge in [0.1, 0.15) is 11.1 Å². The molecule has 6 nitrogen and oxygen atoms in total. The zero-order valence-corrected chi connectivity index (χ0v) is 17.6. The van der Waals surface area contributed by atoms with E-state index in [9.17, 15) is 0 Å². The molecule has 0 unspecified atom stereocenters. The van der Waals surface area contributed by atoms with Crippen LogP contribution in [0.5, 0.6) is 0 Å². The minimum atomic E-state index is 0.505. The lowest BCUT2D eigenvalue weighted by Gasteiger charge is -2.05. The highest BCUT2D eigenvalue weighted by atomic mass is 16.3. The number of nitrogens with zero attached hydrogens (tertiary/aromatic N) is 3. The van der Waals surface area contributed by atoms with Crippen molar-refractivity contribution in [3.8, 4) is 11.4 Å². The molecular formula is C27H19N5O. The van der Waals surface area contributed by atoms with Gasteiger partial charge in [-0.05, 0) is 34.5 Å². The van der Waals surface area contributed by atoms with Crippen LogP contribution in [0.3, 0.4) is 0 Å². The van der Waals surface area contributed by atoms with Crippen molar-refractivity contribution in [1.29, 1.82) is 0 Å². The molecule has 2 aromatic heterocycles. The Kier molecular flexibility index (Phi) is 4.47. The smallest absolute Gasteiger partial charge is 0.197 e. The van der Waals surface area contributed by atoms with Crippen LogP contribution in [0.1, 0.15) is 5.56 Å². The second kappa shape index (κ2) is 7.76. The van der Waals surface area contributed by atoms with E-state index in [2.05, 4.69) is 28.7 Å². The first-order chi connectivity index (χ1) is 16.3. The topological polar surface area (TPSA) is 89.3 Å². The Morgan fingerprint density at radius 1 is 0.818 bits per heavy atom. The summed E-state index contributed by atoms with van der Waals surface area (Å²) < 4.78 is 6.22. The largest absolute Gasteiger partial charge is 0.450 e. The molecule has 6 aromatic rings. The first-order valence-electron chi connectivity index (χ1n) is 10.6. The van der Waals surface area contributed by atoms with Gasteiger partial charge in [0.25, 0.3) is 0 Å². The summed E-state index contributed by atoms with van der Waals surface area (Å²) in [5, 5.41) is 7.57. The van der Waals surface area contributed by atoms with Crippen molar-refractivity contribution in [2.75, 3.05) is 11.2 Å². The maximum atomic E-state index is 6.22. The molecule has 33 heavy (non-hydrogen) atoms. The number of nitrogens with two attached hydrogens (primary N) is 1. The zero-order chi connectivity index (χ0) is 22.2. The van der Waals surface area contributed by atoms with Crippen LogP contribution in [-0.2, 0) is 0 Å². The fourth-order valence-corrected chi connectivity index (χ4v) is 3.95. The third-order valence-electron chi connectivity index (χ3n) is 5.56. The minimum absolute atomic E-state index is 0.505. The quantitative estimate of drug-likeness (QED) is 0.197. The van der Waals surface area contributed by atoms with Crippen LogP contribution in [0.15, 0.2) is 101 Å². The summed E-state index contributed by atoms with van der Waals surface area (Å²) >= 11 is 0. The lowest BCUT2D eigenvalue weighted by molar-refractivity contribution is 0.667. The third-order valence-corrected chi connectivity index (χ3v) is 5.56. The SMILES string of the molecule is Nc1ccc(/C=N/Nc2nc(-c3ccccc3)nc3c2oc2ccc4ccccc4c23)cc1. The summed E-state index contributed by atoms with van der Waals surface area (Å²) in [6.45, 7) is 0. The van der Waals surface area contributed by atoms with E-state index in [1.807, 2.05) is 72.8 Å². The zero-order valence-electron chi connectivity index (χ0n) is 17.6.